The van der Waals surface area contributed by atoms with Gasteiger partial charge in [-0.15, -0.1) is 0 Å². The summed E-state index contributed by atoms with van der Waals surface area (Å²) >= 11 is 0. The van der Waals surface area contributed by atoms with E-state index < -0.39 is 0 Å². The Labute approximate surface area is 148 Å². The summed E-state index contributed by atoms with van der Waals surface area (Å²) in [7, 11) is 0. The molecule has 1 aliphatic heterocycles. The number of aliphatic hydroxyl groups is 1. The average molecular weight is 341 g/mol. The predicted octanol–water partition coefficient (Wildman–Crippen LogP) is 2.53. The lowest BCUT2D eigenvalue weighted by Gasteiger charge is -2.34. The van der Waals surface area contributed by atoms with Crippen molar-refractivity contribution in [3.05, 3.63) is 36.0 Å². The van der Waals surface area contributed by atoms with Crippen LogP contribution in [0.1, 0.15) is 49.5 Å². The van der Waals surface area contributed by atoms with E-state index in [1.165, 1.54) is 19.3 Å². The van der Waals surface area contributed by atoms with Crippen LogP contribution in [0.3, 0.4) is 0 Å². The first-order chi connectivity index (χ1) is 12.2. The van der Waals surface area contributed by atoms with Gasteiger partial charge in [-0.1, -0.05) is 0 Å². The number of aromatic nitrogens is 4. The van der Waals surface area contributed by atoms with E-state index >= 15 is 0 Å². The summed E-state index contributed by atoms with van der Waals surface area (Å²) in [5, 5.41) is 13.8. The molecule has 2 aromatic rings. The van der Waals surface area contributed by atoms with E-state index in [2.05, 4.69) is 26.0 Å². The van der Waals surface area contributed by atoms with Gasteiger partial charge < -0.3 is 10.0 Å². The van der Waals surface area contributed by atoms with E-state index in [1.807, 2.05) is 30.1 Å². The Morgan fingerprint density at radius 3 is 2.68 bits per heavy atom. The molecule has 25 heavy (non-hydrogen) atoms. The number of piperidine rings is 1. The summed E-state index contributed by atoms with van der Waals surface area (Å²) in [5.74, 6) is 3.08. The van der Waals surface area contributed by atoms with E-state index in [9.17, 15) is 5.11 Å². The smallest absolute Gasteiger partial charge is 0.132 e. The molecule has 1 N–H and O–H groups in total. The maximum absolute atomic E-state index is 9.56. The highest BCUT2D eigenvalue weighted by atomic mass is 16.3. The summed E-state index contributed by atoms with van der Waals surface area (Å²) in [5.41, 5.74) is 1.11. The largest absolute Gasteiger partial charge is 0.393 e. The van der Waals surface area contributed by atoms with Gasteiger partial charge in [0.15, 0.2) is 0 Å². The van der Waals surface area contributed by atoms with Gasteiger partial charge in [-0.05, 0) is 51.0 Å². The molecule has 6 nitrogen and oxygen atoms in total. The molecule has 134 valence electrons. The first kappa shape index (κ1) is 16.5. The zero-order chi connectivity index (χ0) is 17.2. The van der Waals surface area contributed by atoms with E-state index in [1.54, 1.807) is 0 Å². The van der Waals surface area contributed by atoms with Gasteiger partial charge >= 0.3 is 0 Å². The van der Waals surface area contributed by atoms with Crippen molar-refractivity contribution < 1.29 is 5.11 Å². The summed E-state index contributed by atoms with van der Waals surface area (Å²) in [6.45, 7) is 5.11. The number of aryl methyl sites for hydroxylation is 2. The molecule has 2 aliphatic rings. The lowest BCUT2D eigenvalue weighted by molar-refractivity contribution is 0.0731. The van der Waals surface area contributed by atoms with Crippen LogP contribution in [-0.4, -0.2) is 44.0 Å². The van der Waals surface area contributed by atoms with Crippen LogP contribution in [0.2, 0.25) is 0 Å². The number of aliphatic hydroxyl groups excluding tert-OH is 1. The van der Waals surface area contributed by atoms with Crippen LogP contribution in [0.4, 0.5) is 5.82 Å². The summed E-state index contributed by atoms with van der Waals surface area (Å²) in [4.78, 5) is 11.7. The fourth-order valence-electron chi connectivity index (χ4n) is 3.97. The number of rotatable bonds is 5. The highest BCUT2D eigenvalue weighted by molar-refractivity contribution is 5.41. The van der Waals surface area contributed by atoms with Crippen molar-refractivity contribution in [3.63, 3.8) is 0 Å². The highest BCUT2D eigenvalue weighted by Crippen LogP contribution is 2.37. The number of nitrogens with zero attached hydrogens (tertiary/aromatic N) is 5. The minimum Gasteiger partial charge on any atom is -0.393 e. The van der Waals surface area contributed by atoms with Crippen LogP contribution in [0.15, 0.2) is 24.5 Å². The lowest BCUT2D eigenvalue weighted by Crippen LogP contribution is -2.35. The van der Waals surface area contributed by atoms with Crippen LogP contribution in [0.5, 0.6) is 0 Å². The molecule has 0 atom stereocenters. The number of hydrogen-bond donors (Lipinski definition) is 1. The minimum atomic E-state index is -0.144. The third-order valence-electron chi connectivity index (χ3n) is 5.64. The molecule has 0 unspecified atom stereocenters. The molecule has 1 saturated carbocycles. The number of anilines is 1. The van der Waals surface area contributed by atoms with Crippen molar-refractivity contribution >= 4 is 5.82 Å². The van der Waals surface area contributed by atoms with E-state index in [4.69, 9.17) is 0 Å². The fourth-order valence-corrected chi connectivity index (χ4v) is 3.97. The van der Waals surface area contributed by atoms with Gasteiger partial charge in [-0.2, -0.15) is 5.10 Å². The van der Waals surface area contributed by atoms with Gasteiger partial charge in [0.1, 0.15) is 11.6 Å². The molecule has 0 radical (unpaired) electrons. The third-order valence-corrected chi connectivity index (χ3v) is 5.64. The standard InChI is InChI=1S/C19H27N5O/c1-14-21-18(16-11-17(25)12-16)13-19(22-14)23-8-3-15(4-9-23)5-10-24-7-2-6-20-24/h2,6-7,13,15-17,25H,3-5,8-12H2,1H3. The second kappa shape index (κ2) is 7.12. The predicted molar refractivity (Wildman–Crippen MR) is 96.5 cm³/mol. The normalized spacial score (nSPS) is 24.3. The Bertz CT molecular complexity index is 688. The Morgan fingerprint density at radius 1 is 1.20 bits per heavy atom. The first-order valence-corrected chi connectivity index (χ1v) is 9.43. The van der Waals surface area contributed by atoms with Crippen molar-refractivity contribution in [2.24, 2.45) is 5.92 Å². The quantitative estimate of drug-likeness (QED) is 0.905. The Hall–Kier alpha value is -1.95. The summed E-state index contributed by atoms with van der Waals surface area (Å²) in [6.07, 6.45) is 9.04. The summed E-state index contributed by atoms with van der Waals surface area (Å²) in [6, 6.07) is 4.13. The van der Waals surface area contributed by atoms with Crippen LogP contribution in [-0.2, 0) is 6.54 Å². The molecule has 4 rings (SSSR count). The van der Waals surface area contributed by atoms with Crippen molar-refractivity contribution in [2.45, 2.75) is 57.6 Å². The van der Waals surface area contributed by atoms with Crippen LogP contribution in [0.25, 0.3) is 0 Å². The Kier molecular flexibility index (Phi) is 4.70. The Morgan fingerprint density at radius 2 is 2.00 bits per heavy atom. The van der Waals surface area contributed by atoms with Gasteiger partial charge in [-0.3, -0.25) is 4.68 Å². The van der Waals surface area contributed by atoms with Crippen molar-refractivity contribution in [1.29, 1.82) is 0 Å². The molecule has 1 saturated heterocycles. The first-order valence-electron chi connectivity index (χ1n) is 9.43. The second-order valence-corrected chi connectivity index (χ2v) is 7.51. The van der Waals surface area contributed by atoms with Crippen LogP contribution in [0, 0.1) is 12.8 Å². The molecule has 1 aliphatic carbocycles. The fraction of sp³-hybridized carbons (Fsp3) is 0.632. The zero-order valence-corrected chi connectivity index (χ0v) is 14.9. The van der Waals surface area contributed by atoms with E-state index in [0.29, 0.717) is 5.92 Å². The summed E-state index contributed by atoms with van der Waals surface area (Å²) < 4.78 is 2.03. The average Bonchev–Trinajstić information content (AvgIpc) is 3.10. The molecular weight excluding hydrogens is 314 g/mol. The van der Waals surface area contributed by atoms with Gasteiger partial charge in [0.2, 0.25) is 0 Å². The Balaban J connectivity index is 1.34. The van der Waals surface area contributed by atoms with E-state index in [0.717, 1.165) is 55.7 Å². The van der Waals surface area contributed by atoms with Gasteiger partial charge in [-0.25, -0.2) is 9.97 Å². The van der Waals surface area contributed by atoms with Gasteiger partial charge in [0.05, 0.1) is 6.10 Å². The zero-order valence-electron chi connectivity index (χ0n) is 14.9. The van der Waals surface area contributed by atoms with Crippen LogP contribution >= 0.6 is 0 Å². The maximum Gasteiger partial charge on any atom is 0.132 e. The second-order valence-electron chi connectivity index (χ2n) is 7.51. The topological polar surface area (TPSA) is 67.1 Å². The molecule has 2 fully saturated rings. The molecule has 2 aromatic heterocycles. The molecule has 0 bridgehead atoms. The maximum atomic E-state index is 9.56. The molecule has 0 amide bonds. The SMILES string of the molecule is Cc1nc(C2CC(O)C2)cc(N2CCC(CCn3cccn3)CC2)n1. The molecule has 0 aromatic carbocycles. The minimum absolute atomic E-state index is 0.144. The molecule has 0 spiro atoms. The van der Waals surface area contributed by atoms with E-state index in [-0.39, 0.29) is 6.10 Å². The van der Waals surface area contributed by atoms with Gasteiger partial charge in [0, 0.05) is 49.7 Å². The van der Waals surface area contributed by atoms with Gasteiger partial charge in [0.25, 0.3) is 0 Å². The number of hydrogen-bond acceptors (Lipinski definition) is 5. The van der Waals surface area contributed by atoms with Crippen molar-refractivity contribution in [2.75, 3.05) is 18.0 Å². The van der Waals surface area contributed by atoms with Crippen LogP contribution < -0.4 is 4.90 Å². The lowest BCUT2D eigenvalue weighted by atomic mass is 9.80. The molecular formula is C19H27N5O. The highest BCUT2D eigenvalue weighted by Gasteiger charge is 2.30. The van der Waals surface area contributed by atoms with Crippen molar-refractivity contribution in [1.82, 2.24) is 19.7 Å². The molecule has 3 heterocycles. The molecule has 6 heteroatoms. The van der Waals surface area contributed by atoms with Crippen molar-refractivity contribution in [3.8, 4) is 0 Å². The monoisotopic (exact) mass is 341 g/mol. The third kappa shape index (κ3) is 3.84.